The Kier molecular flexibility index (Phi) is 6.17. The largest absolute Gasteiger partial charge is 0.497 e. The molecule has 0 saturated heterocycles. The van der Waals surface area contributed by atoms with Crippen molar-refractivity contribution in [3.63, 3.8) is 0 Å². The molecule has 3 aromatic rings. The number of aryl methyl sites for hydroxylation is 1. The molecule has 5 heteroatoms. The van der Waals surface area contributed by atoms with E-state index in [1.807, 2.05) is 31.2 Å². The number of benzene rings is 3. The third-order valence-corrected chi connectivity index (χ3v) is 4.24. The number of carbonyl (C=O) groups is 1. The molecule has 1 amide bonds. The Hall–Kier alpha value is -3.47. The topological polar surface area (TPSA) is 56.8 Å². The molecule has 5 nitrogen and oxygen atoms in total. The van der Waals surface area contributed by atoms with Crippen LogP contribution in [-0.2, 0) is 6.61 Å². The highest BCUT2D eigenvalue weighted by atomic mass is 16.5. The van der Waals surface area contributed by atoms with E-state index < -0.39 is 0 Å². The van der Waals surface area contributed by atoms with Crippen LogP contribution in [0.4, 0.5) is 5.69 Å². The van der Waals surface area contributed by atoms with Crippen molar-refractivity contribution in [1.82, 2.24) is 0 Å². The highest BCUT2D eigenvalue weighted by Gasteiger charge is 2.12. The lowest BCUT2D eigenvalue weighted by molar-refractivity contribution is 0.102. The van der Waals surface area contributed by atoms with E-state index >= 15 is 0 Å². The summed E-state index contributed by atoms with van der Waals surface area (Å²) in [4.78, 5) is 12.7. The van der Waals surface area contributed by atoms with Crippen LogP contribution in [-0.4, -0.2) is 20.1 Å². The van der Waals surface area contributed by atoms with Crippen molar-refractivity contribution in [2.75, 3.05) is 19.5 Å². The number of carbonyl (C=O) groups excluding carboxylic acids is 1. The molecule has 3 rings (SSSR count). The average Bonchev–Trinajstić information content (AvgIpc) is 2.72. The average molecular weight is 377 g/mol. The van der Waals surface area contributed by atoms with Gasteiger partial charge in [-0.1, -0.05) is 35.9 Å². The van der Waals surface area contributed by atoms with Crippen LogP contribution in [0.2, 0.25) is 0 Å². The zero-order chi connectivity index (χ0) is 19.9. The van der Waals surface area contributed by atoms with E-state index in [0.717, 1.165) is 5.56 Å². The van der Waals surface area contributed by atoms with Gasteiger partial charge in [0, 0.05) is 11.6 Å². The van der Waals surface area contributed by atoms with Gasteiger partial charge in [-0.25, -0.2) is 0 Å². The van der Waals surface area contributed by atoms with Crippen LogP contribution in [0.1, 0.15) is 21.5 Å². The third-order valence-electron chi connectivity index (χ3n) is 4.24. The second-order valence-corrected chi connectivity index (χ2v) is 6.33. The van der Waals surface area contributed by atoms with Crippen LogP contribution in [0.5, 0.6) is 17.2 Å². The zero-order valence-corrected chi connectivity index (χ0v) is 16.2. The summed E-state index contributed by atoms with van der Waals surface area (Å²) in [5.74, 6) is 1.56. The number of amides is 1. The molecule has 144 valence electrons. The predicted molar refractivity (Wildman–Crippen MR) is 109 cm³/mol. The molecule has 0 unspecified atom stereocenters. The van der Waals surface area contributed by atoms with Gasteiger partial charge in [0.1, 0.15) is 23.9 Å². The number of methoxy groups -OCH3 is 2. The monoisotopic (exact) mass is 377 g/mol. The third kappa shape index (κ3) is 4.82. The Bertz CT molecular complexity index is 968. The van der Waals surface area contributed by atoms with Gasteiger partial charge in [0.05, 0.1) is 19.9 Å². The van der Waals surface area contributed by atoms with Crippen LogP contribution in [0.3, 0.4) is 0 Å². The fourth-order valence-electron chi connectivity index (χ4n) is 2.80. The van der Waals surface area contributed by atoms with Crippen molar-refractivity contribution in [2.24, 2.45) is 0 Å². The molecule has 0 aliphatic carbocycles. The molecule has 0 aromatic heterocycles. The van der Waals surface area contributed by atoms with Crippen molar-refractivity contribution >= 4 is 11.6 Å². The minimum atomic E-state index is -0.257. The maximum atomic E-state index is 12.7. The number of ether oxygens (including phenoxy) is 3. The summed E-state index contributed by atoms with van der Waals surface area (Å²) in [7, 11) is 3.12. The highest BCUT2D eigenvalue weighted by molar-refractivity contribution is 6.05. The minimum absolute atomic E-state index is 0.257. The minimum Gasteiger partial charge on any atom is -0.497 e. The second-order valence-electron chi connectivity index (χ2n) is 6.33. The molecule has 0 atom stereocenters. The van der Waals surface area contributed by atoms with Gasteiger partial charge in [0.15, 0.2) is 0 Å². The summed E-state index contributed by atoms with van der Waals surface area (Å²) in [6.45, 7) is 2.48. The molecule has 28 heavy (non-hydrogen) atoms. The maximum absolute atomic E-state index is 12.7. The first kappa shape index (κ1) is 19.3. The van der Waals surface area contributed by atoms with Crippen LogP contribution in [0, 0.1) is 6.92 Å². The summed E-state index contributed by atoms with van der Waals surface area (Å²) < 4.78 is 16.4. The van der Waals surface area contributed by atoms with E-state index in [9.17, 15) is 4.79 Å². The predicted octanol–water partition coefficient (Wildman–Crippen LogP) is 4.84. The van der Waals surface area contributed by atoms with E-state index in [2.05, 4.69) is 11.4 Å². The molecular weight excluding hydrogens is 354 g/mol. The maximum Gasteiger partial charge on any atom is 0.255 e. The van der Waals surface area contributed by atoms with Gasteiger partial charge in [-0.05, 0) is 42.8 Å². The smallest absolute Gasteiger partial charge is 0.255 e. The Morgan fingerprint density at radius 3 is 2.46 bits per heavy atom. The summed E-state index contributed by atoms with van der Waals surface area (Å²) >= 11 is 0. The molecular formula is C23H23NO4. The molecule has 0 aliphatic heterocycles. The lowest BCUT2D eigenvalue weighted by Crippen LogP contribution is -2.13. The summed E-state index contributed by atoms with van der Waals surface area (Å²) in [5, 5.41) is 2.86. The number of hydrogen-bond acceptors (Lipinski definition) is 4. The van der Waals surface area contributed by atoms with Crippen molar-refractivity contribution < 1.29 is 19.0 Å². The van der Waals surface area contributed by atoms with Gasteiger partial charge in [0.2, 0.25) is 0 Å². The van der Waals surface area contributed by atoms with Gasteiger partial charge >= 0.3 is 0 Å². The van der Waals surface area contributed by atoms with Gasteiger partial charge < -0.3 is 19.5 Å². The highest BCUT2D eigenvalue weighted by Crippen LogP contribution is 2.29. The zero-order valence-electron chi connectivity index (χ0n) is 16.2. The van der Waals surface area contributed by atoms with Crippen molar-refractivity contribution in [1.29, 1.82) is 0 Å². The van der Waals surface area contributed by atoms with Crippen LogP contribution in [0.15, 0.2) is 66.7 Å². The number of anilines is 1. The molecule has 0 fully saturated rings. The molecule has 1 N–H and O–H groups in total. The first-order chi connectivity index (χ1) is 13.6. The van der Waals surface area contributed by atoms with Gasteiger partial charge in [-0.3, -0.25) is 4.79 Å². The van der Waals surface area contributed by atoms with E-state index in [1.165, 1.54) is 5.56 Å². The van der Waals surface area contributed by atoms with E-state index in [1.54, 1.807) is 50.6 Å². The van der Waals surface area contributed by atoms with Crippen LogP contribution in [0.25, 0.3) is 0 Å². The number of nitrogens with one attached hydrogen (secondary N) is 1. The molecule has 0 heterocycles. The summed E-state index contributed by atoms with van der Waals surface area (Å²) in [5.41, 5.74) is 3.29. The van der Waals surface area contributed by atoms with Gasteiger partial charge in [-0.2, -0.15) is 0 Å². The van der Waals surface area contributed by atoms with E-state index in [4.69, 9.17) is 14.2 Å². The fraction of sp³-hybridized carbons (Fsp3) is 0.174. The van der Waals surface area contributed by atoms with Gasteiger partial charge in [0.25, 0.3) is 5.91 Å². The molecule has 0 aliphatic rings. The van der Waals surface area contributed by atoms with Gasteiger partial charge in [-0.15, -0.1) is 0 Å². The Balaban J connectivity index is 1.72. The Labute approximate surface area is 164 Å². The lowest BCUT2D eigenvalue weighted by Gasteiger charge is -2.12. The lowest BCUT2D eigenvalue weighted by atomic mass is 10.1. The second kappa shape index (κ2) is 8.95. The van der Waals surface area contributed by atoms with E-state index in [-0.39, 0.29) is 5.91 Å². The van der Waals surface area contributed by atoms with Crippen LogP contribution >= 0.6 is 0 Å². The van der Waals surface area contributed by atoms with Crippen LogP contribution < -0.4 is 19.5 Å². The first-order valence-electron chi connectivity index (χ1n) is 8.91. The van der Waals surface area contributed by atoms with Crippen molar-refractivity contribution in [2.45, 2.75) is 13.5 Å². The van der Waals surface area contributed by atoms with E-state index in [0.29, 0.717) is 35.1 Å². The molecule has 0 spiro atoms. The number of hydrogen-bond donors (Lipinski definition) is 1. The van der Waals surface area contributed by atoms with Crippen molar-refractivity contribution in [3.05, 3.63) is 83.4 Å². The molecule has 0 saturated carbocycles. The first-order valence-corrected chi connectivity index (χ1v) is 8.91. The fourth-order valence-corrected chi connectivity index (χ4v) is 2.80. The standard InChI is InChI=1S/C23H23NO4/c1-16-6-4-7-17(12-16)15-28-20-9-5-8-18(13-20)23(25)24-21-14-19(26-2)10-11-22(21)27-3/h4-14H,15H2,1-3H3,(H,24,25). The number of rotatable bonds is 7. The van der Waals surface area contributed by atoms with Crippen molar-refractivity contribution in [3.8, 4) is 17.2 Å². The normalized spacial score (nSPS) is 10.2. The quantitative estimate of drug-likeness (QED) is 0.640. The molecule has 0 radical (unpaired) electrons. The summed E-state index contributed by atoms with van der Waals surface area (Å²) in [6, 6.07) is 20.4. The molecule has 3 aromatic carbocycles. The molecule has 0 bridgehead atoms. The summed E-state index contributed by atoms with van der Waals surface area (Å²) in [6.07, 6.45) is 0. The Morgan fingerprint density at radius 1 is 0.893 bits per heavy atom. The SMILES string of the molecule is COc1ccc(OC)c(NC(=O)c2cccc(OCc3cccc(C)c3)c2)c1. The Morgan fingerprint density at radius 2 is 1.71 bits per heavy atom.